The SMILES string of the molecule is C=NC=N/C=C(\C)c1cc(C(F)(F)F)c2c(N)c([S@@](=O)CCOC)sc2n1. The molecule has 6 nitrogen and oxygen atoms in total. The normalized spacial score (nSPS) is 14.2. The van der Waals surface area contributed by atoms with Crippen LogP contribution < -0.4 is 5.73 Å². The fraction of sp³-hybridized carbons (Fsp3) is 0.312. The first-order chi connectivity index (χ1) is 12.7. The van der Waals surface area contributed by atoms with E-state index in [0.29, 0.717) is 5.57 Å². The fourth-order valence-electron chi connectivity index (χ4n) is 2.21. The number of pyridine rings is 1. The Labute approximate surface area is 160 Å². The van der Waals surface area contributed by atoms with Gasteiger partial charge in [0.05, 0.1) is 40.1 Å². The van der Waals surface area contributed by atoms with Gasteiger partial charge in [-0.25, -0.2) is 9.98 Å². The molecule has 0 saturated carbocycles. The van der Waals surface area contributed by atoms with Gasteiger partial charge in [0.2, 0.25) is 0 Å². The Hall–Kier alpha value is -2.11. The van der Waals surface area contributed by atoms with E-state index in [1.54, 1.807) is 6.92 Å². The van der Waals surface area contributed by atoms with Gasteiger partial charge in [0.25, 0.3) is 0 Å². The Morgan fingerprint density at radius 1 is 1.52 bits per heavy atom. The maximum absolute atomic E-state index is 13.6. The number of methoxy groups -OCH3 is 1. The Balaban J connectivity index is 2.68. The number of nitrogens with two attached hydrogens (primary N) is 1. The summed E-state index contributed by atoms with van der Waals surface area (Å²) < 4.78 is 58.2. The maximum Gasteiger partial charge on any atom is 0.417 e. The van der Waals surface area contributed by atoms with Crippen LogP contribution in [-0.4, -0.2) is 41.7 Å². The lowest BCUT2D eigenvalue weighted by Gasteiger charge is -2.11. The van der Waals surface area contributed by atoms with Crippen LogP contribution in [0.25, 0.3) is 15.8 Å². The van der Waals surface area contributed by atoms with Crippen LogP contribution in [0.15, 0.2) is 26.5 Å². The first-order valence-corrected chi connectivity index (χ1v) is 9.66. The molecule has 0 bridgehead atoms. The highest BCUT2D eigenvalue weighted by Gasteiger charge is 2.36. The molecule has 2 N–H and O–H groups in total. The van der Waals surface area contributed by atoms with Crippen molar-refractivity contribution in [3.05, 3.63) is 23.5 Å². The van der Waals surface area contributed by atoms with Gasteiger partial charge in [0.1, 0.15) is 15.4 Å². The van der Waals surface area contributed by atoms with Crippen molar-refractivity contribution in [2.75, 3.05) is 25.2 Å². The molecule has 0 aliphatic rings. The molecule has 0 unspecified atom stereocenters. The zero-order valence-corrected chi connectivity index (χ0v) is 16.2. The van der Waals surface area contributed by atoms with Crippen LogP contribution in [0.4, 0.5) is 18.9 Å². The molecule has 1 atom stereocenters. The summed E-state index contributed by atoms with van der Waals surface area (Å²) in [5.41, 5.74) is 5.31. The van der Waals surface area contributed by atoms with E-state index in [2.05, 4.69) is 21.7 Å². The number of halogens is 3. The minimum absolute atomic E-state index is 0.0664. The standard InChI is InChI=1S/C16H17F3N4O2S2/c1-9(7-22-8-21-2)11-6-10(16(17,18)19)12-13(20)15(26-14(12)23-11)27(24)5-4-25-3/h6-8H,2,4-5,20H2,1,3H3/b9-7+,22-8?/t27-/m0/s1. The summed E-state index contributed by atoms with van der Waals surface area (Å²) in [6.07, 6.45) is -2.16. The van der Waals surface area contributed by atoms with Crippen LogP contribution in [-0.2, 0) is 21.7 Å². The molecule has 0 radical (unpaired) electrons. The Morgan fingerprint density at radius 2 is 2.22 bits per heavy atom. The minimum Gasteiger partial charge on any atom is -0.396 e. The van der Waals surface area contributed by atoms with Crippen LogP contribution in [0, 0.1) is 0 Å². The highest BCUT2D eigenvalue weighted by molar-refractivity contribution is 7.87. The van der Waals surface area contributed by atoms with E-state index in [9.17, 15) is 17.4 Å². The third-order valence-electron chi connectivity index (χ3n) is 3.47. The molecule has 0 aromatic carbocycles. The number of allylic oxidation sites excluding steroid dienone is 1. The number of ether oxygens (including phenoxy) is 1. The highest BCUT2D eigenvalue weighted by atomic mass is 32.2. The monoisotopic (exact) mass is 418 g/mol. The molecular weight excluding hydrogens is 401 g/mol. The zero-order valence-electron chi connectivity index (χ0n) is 14.5. The van der Waals surface area contributed by atoms with Crippen LogP contribution in [0.5, 0.6) is 0 Å². The average molecular weight is 418 g/mol. The summed E-state index contributed by atoms with van der Waals surface area (Å²) in [6, 6.07) is 0.913. The molecule has 0 fully saturated rings. The van der Waals surface area contributed by atoms with E-state index >= 15 is 0 Å². The number of hydrogen-bond donors (Lipinski definition) is 1. The number of aromatic nitrogens is 1. The Morgan fingerprint density at radius 3 is 2.81 bits per heavy atom. The summed E-state index contributed by atoms with van der Waals surface area (Å²) >= 11 is 0.887. The Kier molecular flexibility index (Phi) is 6.84. The molecule has 2 rings (SSSR count). The molecule has 0 amide bonds. The molecule has 2 heterocycles. The highest BCUT2D eigenvalue weighted by Crippen LogP contribution is 2.43. The molecule has 0 spiro atoms. The molecule has 0 aliphatic heterocycles. The molecular formula is C16H17F3N4O2S2. The van der Waals surface area contributed by atoms with Crippen LogP contribution in [0.1, 0.15) is 18.2 Å². The van der Waals surface area contributed by atoms with Gasteiger partial charge in [-0.2, -0.15) is 13.2 Å². The van der Waals surface area contributed by atoms with E-state index in [0.717, 1.165) is 23.7 Å². The smallest absolute Gasteiger partial charge is 0.396 e. The number of nitrogens with zero attached hydrogens (tertiary/aromatic N) is 3. The van der Waals surface area contributed by atoms with Gasteiger partial charge < -0.3 is 10.5 Å². The number of nitrogen functional groups attached to an aromatic ring is 1. The second kappa shape index (κ2) is 8.72. The molecule has 11 heteroatoms. The van der Waals surface area contributed by atoms with Crippen molar-refractivity contribution in [1.29, 1.82) is 0 Å². The average Bonchev–Trinajstić information content (AvgIpc) is 2.95. The maximum atomic E-state index is 13.6. The van der Waals surface area contributed by atoms with E-state index in [1.807, 2.05) is 0 Å². The predicted octanol–water partition coefficient (Wildman–Crippen LogP) is 3.74. The van der Waals surface area contributed by atoms with Crippen LogP contribution in [0.2, 0.25) is 0 Å². The van der Waals surface area contributed by atoms with E-state index < -0.39 is 22.5 Å². The largest absolute Gasteiger partial charge is 0.417 e. The molecule has 2 aromatic heterocycles. The number of aliphatic imine (C=N–C) groups is 2. The van der Waals surface area contributed by atoms with Gasteiger partial charge in [-0.05, 0) is 25.3 Å². The van der Waals surface area contributed by atoms with Gasteiger partial charge in [0.15, 0.2) is 0 Å². The predicted molar refractivity (Wildman–Crippen MR) is 104 cm³/mol. The summed E-state index contributed by atoms with van der Waals surface area (Å²) in [5, 5.41) is -0.235. The summed E-state index contributed by atoms with van der Waals surface area (Å²) in [7, 11) is -0.137. The quantitative estimate of drug-likeness (QED) is 0.548. The molecule has 27 heavy (non-hydrogen) atoms. The van der Waals surface area contributed by atoms with E-state index in [1.165, 1.54) is 13.3 Å². The van der Waals surface area contributed by atoms with Crippen molar-refractivity contribution in [2.24, 2.45) is 9.98 Å². The lowest BCUT2D eigenvalue weighted by molar-refractivity contribution is -0.136. The number of anilines is 1. The van der Waals surface area contributed by atoms with Crippen molar-refractivity contribution in [3.63, 3.8) is 0 Å². The lowest BCUT2D eigenvalue weighted by atomic mass is 10.1. The van der Waals surface area contributed by atoms with Crippen molar-refractivity contribution in [3.8, 4) is 0 Å². The van der Waals surface area contributed by atoms with E-state index in [4.69, 9.17) is 10.5 Å². The molecule has 146 valence electrons. The van der Waals surface area contributed by atoms with E-state index in [-0.39, 0.29) is 38.2 Å². The fourth-order valence-corrected chi connectivity index (χ4v) is 4.77. The molecule has 0 saturated heterocycles. The number of alkyl halides is 3. The van der Waals surface area contributed by atoms with Gasteiger partial charge >= 0.3 is 6.18 Å². The Bertz CT molecular complexity index is 936. The van der Waals surface area contributed by atoms with Crippen molar-refractivity contribution in [2.45, 2.75) is 17.3 Å². The third kappa shape index (κ3) is 4.79. The number of fused-ring (bicyclic) bond motifs is 1. The number of thiophene rings is 1. The van der Waals surface area contributed by atoms with Gasteiger partial charge in [0, 0.05) is 18.7 Å². The van der Waals surface area contributed by atoms with Crippen molar-refractivity contribution >= 4 is 56.7 Å². The lowest BCUT2D eigenvalue weighted by Crippen LogP contribution is -2.08. The minimum atomic E-state index is -4.65. The first-order valence-electron chi connectivity index (χ1n) is 7.52. The topological polar surface area (TPSA) is 89.9 Å². The van der Waals surface area contributed by atoms with Crippen molar-refractivity contribution in [1.82, 2.24) is 4.98 Å². The van der Waals surface area contributed by atoms with Gasteiger partial charge in [-0.1, -0.05) is 0 Å². The summed E-state index contributed by atoms with van der Waals surface area (Å²) in [4.78, 5) is 11.5. The second-order valence-corrected chi connectivity index (χ2v) is 8.10. The van der Waals surface area contributed by atoms with Gasteiger partial charge in [-0.15, -0.1) is 11.3 Å². The summed E-state index contributed by atoms with van der Waals surface area (Å²) in [5.74, 6) is 0.129. The third-order valence-corrected chi connectivity index (χ3v) is 6.34. The zero-order chi connectivity index (χ0) is 20.2. The number of hydrogen-bond acceptors (Lipinski definition) is 6. The summed E-state index contributed by atoms with van der Waals surface area (Å²) in [6.45, 7) is 4.99. The second-order valence-electron chi connectivity index (χ2n) is 5.34. The first kappa shape index (κ1) is 21.2. The molecule has 0 aliphatic carbocycles. The van der Waals surface area contributed by atoms with Crippen LogP contribution >= 0.6 is 11.3 Å². The molecule has 2 aromatic rings. The van der Waals surface area contributed by atoms with Gasteiger partial charge in [-0.3, -0.25) is 9.20 Å². The number of rotatable bonds is 7. The van der Waals surface area contributed by atoms with Crippen molar-refractivity contribution < 1.29 is 22.1 Å². The van der Waals surface area contributed by atoms with Crippen LogP contribution in [0.3, 0.4) is 0 Å².